The Hall–Kier alpha value is -2.28. The number of nitrogens with zero attached hydrogens (tertiary/aromatic N) is 1. The predicted octanol–water partition coefficient (Wildman–Crippen LogP) is 5.69. The highest BCUT2D eigenvalue weighted by Gasteiger charge is 2.28. The highest BCUT2D eigenvalue weighted by molar-refractivity contribution is 7.98. The fraction of sp³-hybridized carbons (Fsp3) is 0.423. The molecular formula is C26H32N2O3S. The molecule has 1 aliphatic heterocycles. The summed E-state index contributed by atoms with van der Waals surface area (Å²) in [5, 5.41) is 4.90. The van der Waals surface area contributed by atoms with E-state index in [1.165, 1.54) is 4.90 Å². The Kier molecular flexibility index (Phi) is 6.93. The van der Waals surface area contributed by atoms with Crippen LogP contribution in [0, 0.1) is 0 Å². The van der Waals surface area contributed by atoms with E-state index in [-0.39, 0.29) is 5.60 Å². The Bertz CT molecular complexity index is 1100. The minimum atomic E-state index is -0.0926. The highest BCUT2D eigenvalue weighted by Crippen LogP contribution is 2.36. The molecule has 0 radical (unpaired) electrons. The van der Waals surface area contributed by atoms with Crippen LogP contribution in [-0.2, 0) is 11.3 Å². The number of rotatable bonds is 7. The molecule has 4 rings (SSSR count). The van der Waals surface area contributed by atoms with Gasteiger partial charge in [-0.05, 0) is 74.9 Å². The third-order valence-corrected chi connectivity index (χ3v) is 6.77. The standard InChI is InChI=1S/C26H32N2O3S/c1-26(2)15-19(10-11-31-26)27-16-18-12-17-6-8-21(32-5)14-23(17)28-25(18)22-13-20(29-3)7-9-24(22)30-4/h6-9,12-14,19,27H,10-11,15-16H2,1-5H3/t19-/m0/s1. The number of ether oxygens (including phenoxy) is 3. The molecule has 6 heteroatoms. The lowest BCUT2D eigenvalue weighted by atomic mass is 9.93. The number of hydrogen-bond donors (Lipinski definition) is 1. The zero-order valence-electron chi connectivity index (χ0n) is 19.5. The molecule has 1 aromatic heterocycles. The molecule has 0 spiro atoms. The second kappa shape index (κ2) is 9.69. The largest absolute Gasteiger partial charge is 0.497 e. The Morgan fingerprint density at radius 1 is 1.12 bits per heavy atom. The van der Waals surface area contributed by atoms with Crippen molar-refractivity contribution < 1.29 is 14.2 Å². The fourth-order valence-corrected chi connectivity index (χ4v) is 4.78. The van der Waals surface area contributed by atoms with E-state index < -0.39 is 0 Å². The smallest absolute Gasteiger partial charge is 0.128 e. The van der Waals surface area contributed by atoms with Crippen LogP contribution in [-0.4, -0.2) is 43.7 Å². The van der Waals surface area contributed by atoms with Crippen molar-refractivity contribution in [3.05, 3.63) is 48.0 Å². The Labute approximate surface area is 194 Å². The summed E-state index contributed by atoms with van der Waals surface area (Å²) in [5.41, 5.74) is 3.89. The molecule has 170 valence electrons. The highest BCUT2D eigenvalue weighted by atomic mass is 32.2. The van der Waals surface area contributed by atoms with Crippen LogP contribution in [0.2, 0.25) is 0 Å². The zero-order chi connectivity index (χ0) is 22.7. The van der Waals surface area contributed by atoms with Crippen LogP contribution in [0.25, 0.3) is 22.2 Å². The molecule has 0 amide bonds. The Balaban J connectivity index is 1.77. The van der Waals surface area contributed by atoms with E-state index in [2.05, 4.69) is 49.7 Å². The van der Waals surface area contributed by atoms with Gasteiger partial charge in [0.15, 0.2) is 0 Å². The van der Waals surface area contributed by atoms with Crippen molar-refractivity contribution in [1.82, 2.24) is 10.3 Å². The first kappa shape index (κ1) is 22.9. The molecule has 0 bridgehead atoms. The third kappa shape index (κ3) is 5.03. The summed E-state index contributed by atoms with van der Waals surface area (Å²) in [6.07, 6.45) is 4.09. The van der Waals surface area contributed by atoms with Crippen LogP contribution in [0.4, 0.5) is 0 Å². The number of hydrogen-bond acceptors (Lipinski definition) is 6. The molecule has 0 aliphatic carbocycles. The van der Waals surface area contributed by atoms with Gasteiger partial charge in [0, 0.05) is 35.0 Å². The molecule has 1 aliphatic rings. The van der Waals surface area contributed by atoms with Crippen LogP contribution < -0.4 is 14.8 Å². The lowest BCUT2D eigenvalue weighted by molar-refractivity contribution is -0.0630. The summed E-state index contributed by atoms with van der Waals surface area (Å²) in [4.78, 5) is 6.31. The van der Waals surface area contributed by atoms with Crippen LogP contribution >= 0.6 is 11.8 Å². The van der Waals surface area contributed by atoms with Crippen LogP contribution in [0.3, 0.4) is 0 Å². The SMILES string of the molecule is COc1ccc(OC)c(-c2nc3cc(SC)ccc3cc2CN[C@H]2CCOC(C)(C)C2)c1. The van der Waals surface area contributed by atoms with Crippen molar-refractivity contribution in [2.45, 2.75) is 49.8 Å². The van der Waals surface area contributed by atoms with Gasteiger partial charge in [-0.15, -0.1) is 11.8 Å². The fourth-order valence-electron chi connectivity index (χ4n) is 4.35. The van der Waals surface area contributed by atoms with E-state index in [0.29, 0.717) is 6.04 Å². The molecule has 3 aromatic rings. The molecule has 1 atom stereocenters. The number of methoxy groups -OCH3 is 2. The van der Waals surface area contributed by atoms with Crippen LogP contribution in [0.1, 0.15) is 32.3 Å². The van der Waals surface area contributed by atoms with Gasteiger partial charge < -0.3 is 19.5 Å². The maximum Gasteiger partial charge on any atom is 0.128 e. The molecule has 0 saturated carbocycles. The van der Waals surface area contributed by atoms with E-state index in [1.54, 1.807) is 26.0 Å². The molecule has 2 aromatic carbocycles. The first-order chi connectivity index (χ1) is 15.4. The lowest BCUT2D eigenvalue weighted by Crippen LogP contribution is -2.43. The van der Waals surface area contributed by atoms with Crippen molar-refractivity contribution in [3.8, 4) is 22.8 Å². The summed E-state index contributed by atoms with van der Waals surface area (Å²) in [7, 11) is 3.37. The monoisotopic (exact) mass is 452 g/mol. The quantitative estimate of drug-likeness (QED) is 0.465. The molecule has 1 N–H and O–H groups in total. The van der Waals surface area contributed by atoms with Gasteiger partial charge in [-0.1, -0.05) is 6.07 Å². The summed E-state index contributed by atoms with van der Waals surface area (Å²) in [6.45, 7) is 5.83. The minimum Gasteiger partial charge on any atom is -0.497 e. The van der Waals surface area contributed by atoms with E-state index >= 15 is 0 Å². The number of nitrogens with one attached hydrogen (secondary N) is 1. The van der Waals surface area contributed by atoms with Gasteiger partial charge in [0.2, 0.25) is 0 Å². The average Bonchev–Trinajstić information content (AvgIpc) is 2.80. The topological polar surface area (TPSA) is 52.6 Å². The lowest BCUT2D eigenvalue weighted by Gasteiger charge is -2.36. The maximum atomic E-state index is 5.89. The van der Waals surface area contributed by atoms with E-state index in [4.69, 9.17) is 19.2 Å². The van der Waals surface area contributed by atoms with Crippen molar-refractivity contribution >= 4 is 22.7 Å². The first-order valence-corrected chi connectivity index (χ1v) is 12.2. The van der Waals surface area contributed by atoms with Crippen molar-refractivity contribution in [2.24, 2.45) is 0 Å². The van der Waals surface area contributed by atoms with Gasteiger partial charge in [-0.2, -0.15) is 0 Å². The molecule has 0 unspecified atom stereocenters. The predicted molar refractivity (Wildman–Crippen MR) is 132 cm³/mol. The second-order valence-electron chi connectivity index (χ2n) is 8.80. The average molecular weight is 453 g/mol. The summed E-state index contributed by atoms with van der Waals surface area (Å²) in [5.74, 6) is 1.57. The van der Waals surface area contributed by atoms with Crippen molar-refractivity contribution in [3.63, 3.8) is 0 Å². The van der Waals surface area contributed by atoms with Crippen molar-refractivity contribution in [2.75, 3.05) is 27.1 Å². The maximum absolute atomic E-state index is 5.89. The molecule has 5 nitrogen and oxygen atoms in total. The van der Waals surface area contributed by atoms with Gasteiger partial charge in [0.1, 0.15) is 11.5 Å². The van der Waals surface area contributed by atoms with E-state index in [0.717, 1.165) is 65.2 Å². The molecule has 1 saturated heterocycles. The van der Waals surface area contributed by atoms with Crippen LogP contribution in [0.5, 0.6) is 11.5 Å². The van der Waals surface area contributed by atoms with Gasteiger partial charge >= 0.3 is 0 Å². The van der Waals surface area contributed by atoms with E-state index in [9.17, 15) is 0 Å². The van der Waals surface area contributed by atoms with Gasteiger partial charge in [-0.3, -0.25) is 0 Å². The number of pyridine rings is 1. The van der Waals surface area contributed by atoms with Gasteiger partial charge in [-0.25, -0.2) is 4.98 Å². The normalized spacial score (nSPS) is 18.0. The minimum absolute atomic E-state index is 0.0926. The summed E-state index contributed by atoms with van der Waals surface area (Å²) >= 11 is 1.72. The molecular weight excluding hydrogens is 420 g/mol. The molecule has 32 heavy (non-hydrogen) atoms. The molecule has 2 heterocycles. The number of thioether (sulfide) groups is 1. The first-order valence-electron chi connectivity index (χ1n) is 11.0. The third-order valence-electron chi connectivity index (χ3n) is 6.04. The van der Waals surface area contributed by atoms with Crippen LogP contribution in [0.15, 0.2) is 47.4 Å². The van der Waals surface area contributed by atoms with E-state index in [1.807, 2.05) is 18.2 Å². The second-order valence-corrected chi connectivity index (χ2v) is 9.68. The summed E-state index contributed by atoms with van der Waals surface area (Å²) < 4.78 is 17.1. The van der Waals surface area contributed by atoms with Crippen molar-refractivity contribution in [1.29, 1.82) is 0 Å². The van der Waals surface area contributed by atoms with Gasteiger partial charge in [0.05, 0.1) is 31.0 Å². The number of fused-ring (bicyclic) bond motifs is 1. The zero-order valence-corrected chi connectivity index (χ0v) is 20.3. The Morgan fingerprint density at radius 2 is 1.97 bits per heavy atom. The number of aromatic nitrogens is 1. The van der Waals surface area contributed by atoms with Gasteiger partial charge in [0.25, 0.3) is 0 Å². The Morgan fingerprint density at radius 3 is 2.69 bits per heavy atom. The molecule has 1 fully saturated rings. The summed E-state index contributed by atoms with van der Waals surface area (Å²) in [6, 6.07) is 15.0. The number of benzene rings is 2.